The predicted molar refractivity (Wildman–Crippen MR) is 94.1 cm³/mol. The van der Waals surface area contributed by atoms with Gasteiger partial charge in [0, 0.05) is 19.3 Å². The lowest BCUT2D eigenvalue weighted by Crippen LogP contribution is -2.35. The lowest BCUT2D eigenvalue weighted by molar-refractivity contribution is -0.117. The van der Waals surface area contributed by atoms with Crippen molar-refractivity contribution in [2.45, 2.75) is 23.6 Å². The highest BCUT2D eigenvalue weighted by molar-refractivity contribution is 8.00. The minimum absolute atomic E-state index is 0.112. The Balaban J connectivity index is 1.58. The fourth-order valence-corrected chi connectivity index (χ4v) is 3.98. The van der Waals surface area contributed by atoms with Crippen LogP contribution in [0.5, 0.6) is 0 Å². The molecule has 1 aromatic carbocycles. The lowest BCUT2D eigenvalue weighted by Gasteiger charge is -2.21. The summed E-state index contributed by atoms with van der Waals surface area (Å²) in [5.41, 5.74) is 3.04. The Morgan fingerprint density at radius 2 is 2.12 bits per heavy atom. The first-order valence-electron chi connectivity index (χ1n) is 7.84. The Morgan fingerprint density at radius 3 is 3.00 bits per heavy atom. The minimum atomic E-state index is -0.227. The van der Waals surface area contributed by atoms with Crippen molar-refractivity contribution in [2.24, 2.45) is 7.05 Å². The second kappa shape index (κ2) is 5.90. The quantitative estimate of drug-likeness (QED) is 0.542. The number of aryl methyl sites for hydroxylation is 1. The van der Waals surface area contributed by atoms with Gasteiger partial charge in [-0.05, 0) is 25.0 Å². The number of aromatic nitrogens is 4. The molecular formula is C17H17N5OS. The van der Waals surface area contributed by atoms with Crippen molar-refractivity contribution in [1.29, 1.82) is 0 Å². The molecule has 1 aliphatic rings. The Morgan fingerprint density at radius 1 is 1.29 bits per heavy atom. The fourth-order valence-electron chi connectivity index (χ4n) is 3.04. The summed E-state index contributed by atoms with van der Waals surface area (Å²) in [5.74, 6) is 0.112. The van der Waals surface area contributed by atoms with Crippen LogP contribution in [0.4, 0.5) is 5.69 Å². The van der Waals surface area contributed by atoms with E-state index < -0.39 is 0 Å². The number of para-hydroxylation sites is 1. The molecule has 1 unspecified atom stereocenters. The van der Waals surface area contributed by atoms with Gasteiger partial charge in [0.2, 0.25) is 5.91 Å². The number of carbonyl (C=O) groups is 1. The van der Waals surface area contributed by atoms with E-state index in [1.165, 1.54) is 23.7 Å². The van der Waals surface area contributed by atoms with Gasteiger partial charge in [-0.3, -0.25) is 9.48 Å². The van der Waals surface area contributed by atoms with Crippen LogP contribution in [0.15, 0.2) is 41.8 Å². The number of benzene rings is 1. The molecule has 0 saturated heterocycles. The third-order valence-corrected chi connectivity index (χ3v) is 5.39. The van der Waals surface area contributed by atoms with Crippen LogP contribution in [0.25, 0.3) is 11.0 Å². The number of thioether (sulfide) groups is 1. The van der Waals surface area contributed by atoms with Crippen molar-refractivity contribution in [1.82, 2.24) is 19.7 Å². The summed E-state index contributed by atoms with van der Waals surface area (Å²) in [5, 5.41) is 5.67. The van der Waals surface area contributed by atoms with Gasteiger partial charge in [0.05, 0.1) is 16.8 Å². The summed E-state index contributed by atoms with van der Waals surface area (Å²) in [6, 6.07) is 8.10. The number of rotatable bonds is 3. The standard InChI is InChI=1S/C17H17N5OS/c1-11(17(23)22-8-7-12-5-3-4-6-14(12)22)24-16-13-9-20-21(2)15(13)18-10-19-16/h3-6,9-11H,7-8H2,1-2H3. The summed E-state index contributed by atoms with van der Waals surface area (Å²) >= 11 is 1.46. The van der Waals surface area contributed by atoms with E-state index in [0.717, 1.165) is 34.7 Å². The maximum absolute atomic E-state index is 12.9. The topological polar surface area (TPSA) is 63.9 Å². The SMILES string of the molecule is CC(Sc1ncnc2c1cnn2C)C(=O)N1CCc2ccccc21. The molecule has 1 amide bonds. The Kier molecular flexibility index (Phi) is 3.72. The Labute approximate surface area is 143 Å². The average Bonchev–Trinajstić information content (AvgIpc) is 3.19. The molecule has 0 bridgehead atoms. The minimum Gasteiger partial charge on any atom is -0.311 e. The number of nitrogens with zero attached hydrogens (tertiary/aromatic N) is 5. The summed E-state index contributed by atoms with van der Waals surface area (Å²) in [6.45, 7) is 2.67. The third kappa shape index (κ3) is 2.45. The van der Waals surface area contributed by atoms with Crippen LogP contribution < -0.4 is 4.90 Å². The van der Waals surface area contributed by atoms with Crippen molar-refractivity contribution >= 4 is 34.4 Å². The van der Waals surface area contributed by atoms with E-state index in [0.29, 0.717) is 0 Å². The molecule has 6 nitrogen and oxygen atoms in total. The molecular weight excluding hydrogens is 322 g/mol. The molecule has 1 aliphatic heterocycles. The van der Waals surface area contributed by atoms with E-state index in [4.69, 9.17) is 0 Å². The second-order valence-electron chi connectivity index (χ2n) is 5.81. The van der Waals surface area contributed by atoms with E-state index in [9.17, 15) is 4.79 Å². The van der Waals surface area contributed by atoms with Crippen LogP contribution in [-0.2, 0) is 18.3 Å². The Hall–Kier alpha value is -2.41. The highest BCUT2D eigenvalue weighted by Gasteiger charge is 2.28. The zero-order valence-electron chi connectivity index (χ0n) is 13.5. The maximum Gasteiger partial charge on any atom is 0.240 e. The van der Waals surface area contributed by atoms with Gasteiger partial charge in [-0.1, -0.05) is 30.0 Å². The molecule has 0 saturated carbocycles. The van der Waals surface area contributed by atoms with Gasteiger partial charge in [-0.2, -0.15) is 5.10 Å². The zero-order valence-corrected chi connectivity index (χ0v) is 14.3. The fraction of sp³-hybridized carbons (Fsp3) is 0.294. The molecule has 1 atom stereocenters. The van der Waals surface area contributed by atoms with E-state index in [2.05, 4.69) is 21.1 Å². The van der Waals surface area contributed by atoms with Crippen molar-refractivity contribution in [2.75, 3.05) is 11.4 Å². The molecule has 0 spiro atoms. The molecule has 3 aromatic rings. The van der Waals surface area contributed by atoms with Crippen molar-refractivity contribution in [3.05, 3.63) is 42.4 Å². The summed E-state index contributed by atoms with van der Waals surface area (Å²) in [7, 11) is 1.85. The normalized spacial score (nSPS) is 14.8. The van der Waals surface area contributed by atoms with Crippen LogP contribution >= 0.6 is 11.8 Å². The van der Waals surface area contributed by atoms with Gasteiger partial charge < -0.3 is 4.90 Å². The lowest BCUT2D eigenvalue weighted by atomic mass is 10.2. The molecule has 0 N–H and O–H groups in total. The number of anilines is 1. The van der Waals surface area contributed by atoms with E-state index in [-0.39, 0.29) is 11.2 Å². The summed E-state index contributed by atoms with van der Waals surface area (Å²) in [4.78, 5) is 23.4. The monoisotopic (exact) mass is 339 g/mol. The number of amides is 1. The first-order valence-corrected chi connectivity index (χ1v) is 8.72. The molecule has 2 aromatic heterocycles. The number of hydrogen-bond acceptors (Lipinski definition) is 5. The van der Waals surface area contributed by atoms with Gasteiger partial charge >= 0.3 is 0 Å². The second-order valence-corrected chi connectivity index (χ2v) is 7.14. The maximum atomic E-state index is 12.9. The van der Waals surface area contributed by atoms with E-state index >= 15 is 0 Å². The Bertz CT molecular complexity index is 922. The van der Waals surface area contributed by atoms with Gasteiger partial charge in [0.25, 0.3) is 0 Å². The van der Waals surface area contributed by atoms with E-state index in [1.807, 2.05) is 37.1 Å². The summed E-state index contributed by atoms with van der Waals surface area (Å²) in [6.07, 6.45) is 4.19. The highest BCUT2D eigenvalue weighted by atomic mass is 32.2. The smallest absolute Gasteiger partial charge is 0.240 e. The number of fused-ring (bicyclic) bond motifs is 2. The molecule has 122 valence electrons. The predicted octanol–water partition coefficient (Wildman–Crippen LogP) is 2.43. The van der Waals surface area contributed by atoms with Gasteiger partial charge in [0.15, 0.2) is 5.65 Å². The largest absolute Gasteiger partial charge is 0.311 e. The van der Waals surface area contributed by atoms with Crippen molar-refractivity contribution in [3.8, 4) is 0 Å². The average molecular weight is 339 g/mol. The van der Waals surface area contributed by atoms with Gasteiger partial charge in [-0.15, -0.1) is 0 Å². The summed E-state index contributed by atoms with van der Waals surface area (Å²) < 4.78 is 1.71. The number of hydrogen-bond donors (Lipinski definition) is 0. The number of carbonyl (C=O) groups excluding carboxylic acids is 1. The zero-order chi connectivity index (χ0) is 16.7. The van der Waals surface area contributed by atoms with Crippen LogP contribution in [-0.4, -0.2) is 37.5 Å². The molecule has 3 heterocycles. The highest BCUT2D eigenvalue weighted by Crippen LogP contribution is 2.32. The third-order valence-electron chi connectivity index (χ3n) is 4.28. The van der Waals surface area contributed by atoms with Crippen LogP contribution in [0.2, 0.25) is 0 Å². The van der Waals surface area contributed by atoms with E-state index in [1.54, 1.807) is 10.9 Å². The van der Waals surface area contributed by atoms with Crippen LogP contribution in [0, 0.1) is 0 Å². The van der Waals surface area contributed by atoms with Gasteiger partial charge in [0.1, 0.15) is 11.4 Å². The molecule has 0 radical (unpaired) electrons. The van der Waals surface area contributed by atoms with Crippen LogP contribution in [0.3, 0.4) is 0 Å². The molecule has 7 heteroatoms. The first-order chi connectivity index (χ1) is 11.6. The van der Waals surface area contributed by atoms with Gasteiger partial charge in [-0.25, -0.2) is 9.97 Å². The first kappa shape index (κ1) is 15.1. The van der Waals surface area contributed by atoms with Crippen LogP contribution in [0.1, 0.15) is 12.5 Å². The van der Waals surface area contributed by atoms with Crippen molar-refractivity contribution in [3.63, 3.8) is 0 Å². The molecule has 0 fully saturated rings. The molecule has 24 heavy (non-hydrogen) atoms. The molecule has 4 rings (SSSR count). The van der Waals surface area contributed by atoms with Crippen molar-refractivity contribution < 1.29 is 4.79 Å². The molecule has 0 aliphatic carbocycles.